The molecule has 30 heavy (non-hydrogen) atoms. The number of halogens is 1. The first kappa shape index (κ1) is 21.8. The summed E-state index contributed by atoms with van der Waals surface area (Å²) in [5, 5.41) is 5.78. The van der Waals surface area contributed by atoms with Crippen LogP contribution in [-0.4, -0.2) is 36.5 Å². The Morgan fingerprint density at radius 2 is 1.87 bits per heavy atom. The van der Waals surface area contributed by atoms with E-state index in [1.807, 2.05) is 31.2 Å². The number of piperidine rings is 1. The van der Waals surface area contributed by atoms with Crippen LogP contribution in [-0.2, 0) is 11.2 Å². The van der Waals surface area contributed by atoms with Crippen molar-refractivity contribution in [1.29, 1.82) is 0 Å². The summed E-state index contributed by atoms with van der Waals surface area (Å²) >= 11 is 0. The van der Waals surface area contributed by atoms with E-state index in [2.05, 4.69) is 10.6 Å². The molecule has 1 fully saturated rings. The fourth-order valence-corrected chi connectivity index (χ4v) is 3.78. The Bertz CT molecular complexity index is 892. The number of aryl methyl sites for hydroxylation is 2. The molecule has 0 bridgehead atoms. The van der Waals surface area contributed by atoms with Crippen LogP contribution in [0.2, 0.25) is 0 Å². The third-order valence-corrected chi connectivity index (χ3v) is 5.65. The number of rotatable bonds is 6. The minimum Gasteiger partial charge on any atom is -0.356 e. The predicted molar refractivity (Wildman–Crippen MR) is 117 cm³/mol. The number of anilines is 1. The molecule has 3 amide bonds. The maximum absolute atomic E-state index is 13.6. The molecule has 1 aliphatic heterocycles. The standard InChI is InChI=1S/C24H30FN3O2/c1-17-4-3-5-20(14-17)15-23(29)26-11-8-19-9-12-28(13-10-19)24(30)27-21-7-6-18(2)22(25)16-21/h3-7,14,16,19H,8-13,15H2,1-2H3,(H,26,29)(H,27,30). The summed E-state index contributed by atoms with van der Waals surface area (Å²) < 4.78 is 13.6. The third kappa shape index (κ3) is 6.31. The van der Waals surface area contributed by atoms with Crippen LogP contribution in [0, 0.1) is 25.6 Å². The number of benzene rings is 2. The number of hydrogen-bond acceptors (Lipinski definition) is 2. The van der Waals surface area contributed by atoms with Crippen molar-refractivity contribution in [3.63, 3.8) is 0 Å². The van der Waals surface area contributed by atoms with Crippen LogP contribution >= 0.6 is 0 Å². The van der Waals surface area contributed by atoms with E-state index in [1.54, 1.807) is 24.0 Å². The fraction of sp³-hybridized carbons (Fsp3) is 0.417. The molecule has 0 spiro atoms. The van der Waals surface area contributed by atoms with Crippen LogP contribution in [0.15, 0.2) is 42.5 Å². The van der Waals surface area contributed by atoms with Crippen molar-refractivity contribution in [2.24, 2.45) is 5.92 Å². The molecule has 2 aromatic rings. The van der Waals surface area contributed by atoms with Gasteiger partial charge in [-0.3, -0.25) is 4.79 Å². The molecular formula is C24H30FN3O2. The van der Waals surface area contributed by atoms with Gasteiger partial charge < -0.3 is 15.5 Å². The van der Waals surface area contributed by atoms with Gasteiger partial charge in [0, 0.05) is 25.3 Å². The number of urea groups is 1. The van der Waals surface area contributed by atoms with Crippen LogP contribution in [0.25, 0.3) is 0 Å². The molecule has 2 N–H and O–H groups in total. The summed E-state index contributed by atoms with van der Waals surface area (Å²) in [4.78, 5) is 26.3. The summed E-state index contributed by atoms with van der Waals surface area (Å²) in [5.41, 5.74) is 3.21. The summed E-state index contributed by atoms with van der Waals surface area (Å²) in [6, 6.07) is 12.5. The summed E-state index contributed by atoms with van der Waals surface area (Å²) in [6.45, 7) is 5.71. The number of nitrogens with zero attached hydrogens (tertiary/aromatic N) is 1. The van der Waals surface area contributed by atoms with Gasteiger partial charge in [-0.05, 0) is 62.3 Å². The molecule has 5 nitrogen and oxygen atoms in total. The lowest BCUT2D eigenvalue weighted by molar-refractivity contribution is -0.120. The normalized spacial score (nSPS) is 14.4. The average Bonchev–Trinajstić information content (AvgIpc) is 2.71. The van der Waals surface area contributed by atoms with Crippen molar-refractivity contribution in [2.75, 3.05) is 25.0 Å². The third-order valence-electron chi connectivity index (χ3n) is 5.65. The number of nitrogens with one attached hydrogen (secondary N) is 2. The molecule has 0 saturated carbocycles. The number of hydrogen-bond donors (Lipinski definition) is 2. The van der Waals surface area contributed by atoms with E-state index in [-0.39, 0.29) is 17.8 Å². The highest BCUT2D eigenvalue weighted by atomic mass is 19.1. The molecular weight excluding hydrogens is 381 g/mol. The maximum Gasteiger partial charge on any atom is 0.321 e. The average molecular weight is 412 g/mol. The fourth-order valence-electron chi connectivity index (χ4n) is 3.78. The van der Waals surface area contributed by atoms with Crippen LogP contribution < -0.4 is 10.6 Å². The molecule has 1 heterocycles. The first-order chi connectivity index (χ1) is 14.4. The van der Waals surface area contributed by atoms with Gasteiger partial charge in [0.15, 0.2) is 0 Å². The molecule has 0 aliphatic carbocycles. The van der Waals surface area contributed by atoms with E-state index in [1.165, 1.54) is 6.07 Å². The van der Waals surface area contributed by atoms with E-state index < -0.39 is 0 Å². The molecule has 3 rings (SSSR count). The van der Waals surface area contributed by atoms with E-state index >= 15 is 0 Å². The van der Waals surface area contributed by atoms with Crippen molar-refractivity contribution in [1.82, 2.24) is 10.2 Å². The van der Waals surface area contributed by atoms with Crippen molar-refractivity contribution in [3.05, 3.63) is 65.0 Å². The Hall–Kier alpha value is -2.89. The van der Waals surface area contributed by atoms with Crippen LogP contribution in [0.1, 0.15) is 36.0 Å². The van der Waals surface area contributed by atoms with Crippen LogP contribution in [0.5, 0.6) is 0 Å². The Kier molecular flexibility index (Phi) is 7.44. The zero-order chi connectivity index (χ0) is 21.5. The largest absolute Gasteiger partial charge is 0.356 e. The predicted octanol–water partition coefficient (Wildman–Crippen LogP) is 4.44. The topological polar surface area (TPSA) is 61.4 Å². The molecule has 0 radical (unpaired) electrons. The van der Waals surface area contributed by atoms with Gasteiger partial charge in [0.25, 0.3) is 0 Å². The van der Waals surface area contributed by atoms with Crippen LogP contribution in [0.4, 0.5) is 14.9 Å². The second-order valence-corrected chi connectivity index (χ2v) is 8.13. The second-order valence-electron chi connectivity index (χ2n) is 8.13. The zero-order valence-electron chi connectivity index (χ0n) is 17.7. The molecule has 0 unspecified atom stereocenters. The summed E-state index contributed by atoms with van der Waals surface area (Å²) in [6.07, 6.45) is 3.13. The van der Waals surface area contributed by atoms with Gasteiger partial charge in [0.2, 0.25) is 5.91 Å². The van der Waals surface area contributed by atoms with E-state index in [9.17, 15) is 14.0 Å². The summed E-state index contributed by atoms with van der Waals surface area (Å²) in [5.74, 6) is 0.212. The van der Waals surface area contributed by atoms with Gasteiger partial charge in [0.05, 0.1) is 6.42 Å². The molecule has 1 aliphatic rings. The number of carbonyl (C=O) groups is 2. The van der Waals surface area contributed by atoms with E-state index in [0.717, 1.165) is 30.4 Å². The smallest absolute Gasteiger partial charge is 0.321 e. The number of carbonyl (C=O) groups excluding carboxylic acids is 2. The molecule has 2 aromatic carbocycles. The first-order valence-electron chi connectivity index (χ1n) is 10.5. The van der Waals surface area contributed by atoms with Gasteiger partial charge in [-0.1, -0.05) is 35.9 Å². The minimum atomic E-state index is -0.323. The lowest BCUT2D eigenvalue weighted by Crippen LogP contribution is -2.41. The van der Waals surface area contributed by atoms with Gasteiger partial charge in [0.1, 0.15) is 5.82 Å². The van der Waals surface area contributed by atoms with Crippen LogP contribution in [0.3, 0.4) is 0 Å². The van der Waals surface area contributed by atoms with Gasteiger partial charge >= 0.3 is 6.03 Å². The lowest BCUT2D eigenvalue weighted by atomic mass is 9.93. The highest BCUT2D eigenvalue weighted by Crippen LogP contribution is 2.21. The Balaban J connectivity index is 1.35. The van der Waals surface area contributed by atoms with Crippen molar-refractivity contribution in [3.8, 4) is 0 Å². The molecule has 160 valence electrons. The van der Waals surface area contributed by atoms with Crippen molar-refractivity contribution >= 4 is 17.6 Å². The van der Waals surface area contributed by atoms with Crippen molar-refractivity contribution in [2.45, 2.75) is 39.5 Å². The summed E-state index contributed by atoms with van der Waals surface area (Å²) in [7, 11) is 0. The lowest BCUT2D eigenvalue weighted by Gasteiger charge is -2.32. The molecule has 0 atom stereocenters. The highest BCUT2D eigenvalue weighted by Gasteiger charge is 2.23. The number of amides is 3. The zero-order valence-corrected chi connectivity index (χ0v) is 17.7. The second kappa shape index (κ2) is 10.2. The molecule has 0 aromatic heterocycles. The minimum absolute atomic E-state index is 0.0442. The van der Waals surface area contributed by atoms with E-state index in [4.69, 9.17) is 0 Å². The van der Waals surface area contributed by atoms with E-state index in [0.29, 0.717) is 43.2 Å². The number of likely N-dealkylation sites (tertiary alicyclic amines) is 1. The Labute approximate surface area is 177 Å². The monoisotopic (exact) mass is 411 g/mol. The SMILES string of the molecule is Cc1cccc(CC(=O)NCCC2CCN(C(=O)Nc3ccc(C)c(F)c3)CC2)c1. The first-order valence-corrected chi connectivity index (χ1v) is 10.5. The Morgan fingerprint density at radius 1 is 1.10 bits per heavy atom. The van der Waals surface area contributed by atoms with Gasteiger partial charge in [-0.15, -0.1) is 0 Å². The maximum atomic E-state index is 13.6. The Morgan fingerprint density at radius 3 is 2.57 bits per heavy atom. The van der Waals surface area contributed by atoms with Gasteiger partial charge in [-0.2, -0.15) is 0 Å². The van der Waals surface area contributed by atoms with Gasteiger partial charge in [-0.25, -0.2) is 9.18 Å². The van der Waals surface area contributed by atoms with Crippen molar-refractivity contribution < 1.29 is 14.0 Å². The highest BCUT2D eigenvalue weighted by molar-refractivity contribution is 5.89. The quantitative estimate of drug-likeness (QED) is 0.738. The molecule has 1 saturated heterocycles. The molecule has 6 heteroatoms.